The number of aliphatic imine (C=N–C) groups is 1. The maximum Gasteiger partial charge on any atom is 0.110 e. The topological polar surface area (TPSA) is 53.1 Å². The molecule has 1 aromatic carbocycles. The van der Waals surface area contributed by atoms with E-state index in [4.69, 9.17) is 0 Å². The van der Waals surface area contributed by atoms with Crippen LogP contribution in [0.4, 0.5) is 0 Å². The molecule has 2 N–H and O–H groups in total. The predicted molar refractivity (Wildman–Crippen MR) is 121 cm³/mol. The molecule has 1 saturated carbocycles. The summed E-state index contributed by atoms with van der Waals surface area (Å²) in [5.41, 5.74) is 5.61. The molecule has 0 spiro atoms. The molecule has 3 heterocycles. The molecule has 2 fully saturated rings. The molecule has 150 valence electrons. The highest BCUT2D eigenvalue weighted by Crippen LogP contribution is 2.32. The summed E-state index contributed by atoms with van der Waals surface area (Å²) in [6, 6.07) is 8.85. The van der Waals surface area contributed by atoms with Crippen LogP contribution in [0.1, 0.15) is 73.5 Å². The van der Waals surface area contributed by atoms with Gasteiger partial charge in [0.25, 0.3) is 0 Å². The van der Waals surface area contributed by atoms with Crippen LogP contribution in [0.25, 0.3) is 5.57 Å². The Morgan fingerprint density at radius 1 is 0.933 bits per heavy atom. The lowest BCUT2D eigenvalue weighted by molar-refractivity contribution is 0.678. The second-order valence-electron chi connectivity index (χ2n) is 8.34. The average molecular weight is 395 g/mol. The molecule has 2 aromatic rings. The molecule has 5 rings (SSSR count). The third kappa shape index (κ3) is 4.25. The lowest BCUT2D eigenvalue weighted by Gasteiger charge is -2.10. The fourth-order valence-electron chi connectivity index (χ4n) is 4.58. The van der Waals surface area contributed by atoms with Crippen molar-refractivity contribution in [3.05, 3.63) is 59.3 Å². The number of aromatic nitrogens is 2. The first-order valence-electron chi connectivity index (χ1n) is 11.0. The van der Waals surface area contributed by atoms with E-state index in [-0.39, 0.29) is 0 Å². The summed E-state index contributed by atoms with van der Waals surface area (Å²) >= 11 is 0. The molecule has 0 bridgehead atoms. The Balaban J connectivity index is 1.18. The maximum absolute atomic E-state index is 4.65. The number of allylic oxidation sites excluding steroid dienone is 1. The molecule has 0 radical (unpaired) electrons. The van der Waals surface area contributed by atoms with Crippen molar-refractivity contribution in [1.29, 1.82) is 0 Å². The van der Waals surface area contributed by atoms with E-state index in [1.54, 1.807) is 0 Å². The number of benzene rings is 1. The number of H-pyrrole nitrogens is 1. The van der Waals surface area contributed by atoms with Gasteiger partial charge in [-0.2, -0.15) is 0 Å². The highest BCUT2D eigenvalue weighted by molar-refractivity contribution is 6.01. The summed E-state index contributed by atoms with van der Waals surface area (Å²) in [5.74, 6) is 13.8. The summed E-state index contributed by atoms with van der Waals surface area (Å²) in [4.78, 5) is 12.5. The molecule has 30 heavy (non-hydrogen) atoms. The lowest BCUT2D eigenvalue weighted by Crippen LogP contribution is -2.29. The van der Waals surface area contributed by atoms with E-state index in [1.165, 1.54) is 55.4 Å². The fourth-order valence-corrected chi connectivity index (χ4v) is 4.58. The third-order valence-electron chi connectivity index (χ3n) is 6.28. The quantitative estimate of drug-likeness (QED) is 0.758. The molecule has 4 nitrogen and oxygen atoms in total. The zero-order valence-electron chi connectivity index (χ0n) is 17.2. The molecule has 2 aliphatic heterocycles. The Kier molecular flexibility index (Phi) is 5.51. The molecule has 4 heteroatoms. The van der Waals surface area contributed by atoms with Crippen LogP contribution >= 0.6 is 0 Å². The molecule has 3 aliphatic rings. The zero-order valence-corrected chi connectivity index (χ0v) is 17.2. The smallest absolute Gasteiger partial charge is 0.110 e. The first-order valence-corrected chi connectivity index (χ1v) is 11.0. The number of hydrogen-bond acceptors (Lipinski definition) is 3. The van der Waals surface area contributed by atoms with Crippen LogP contribution in [-0.4, -0.2) is 28.3 Å². The van der Waals surface area contributed by atoms with E-state index in [1.807, 2.05) is 12.4 Å². The second-order valence-corrected chi connectivity index (χ2v) is 8.34. The fraction of sp³-hybridized carbons (Fsp3) is 0.385. The molecule has 1 atom stereocenters. The largest absolute Gasteiger partial charge is 0.335 e. The Morgan fingerprint density at radius 3 is 2.57 bits per heavy atom. The standard InChI is InChI=1S/C26H26N4/c1(4-9-23-18-29-26(30-23)21-7-2-3-8-21)6-19-11-13-20(14-12-19)22-16-25(28-17-22)24-10-5-15-27-24/h11-14,17-18,21,24,27H,2-3,5,7-8,10,15-16H2,(H,29,30)/t24-/m0/s1. The van der Waals surface area contributed by atoms with Crippen molar-refractivity contribution in [3.63, 3.8) is 0 Å². The Bertz CT molecular complexity index is 1080. The second kappa shape index (κ2) is 8.74. The molecule has 0 unspecified atom stereocenters. The lowest BCUT2D eigenvalue weighted by atomic mass is 9.98. The van der Waals surface area contributed by atoms with Gasteiger partial charge in [0.05, 0.1) is 6.20 Å². The van der Waals surface area contributed by atoms with E-state index in [2.05, 4.69) is 68.2 Å². The average Bonchev–Trinajstić information content (AvgIpc) is 3.58. The Hall–Kier alpha value is -3.08. The number of rotatable bonds is 3. The van der Waals surface area contributed by atoms with Crippen molar-refractivity contribution in [1.82, 2.24) is 15.3 Å². The van der Waals surface area contributed by atoms with Crippen LogP contribution < -0.4 is 5.32 Å². The van der Waals surface area contributed by atoms with Gasteiger partial charge < -0.3 is 10.3 Å². The Morgan fingerprint density at radius 2 is 1.77 bits per heavy atom. The third-order valence-corrected chi connectivity index (χ3v) is 6.28. The zero-order chi connectivity index (χ0) is 20.2. The van der Waals surface area contributed by atoms with Crippen LogP contribution in [0, 0.1) is 23.7 Å². The normalized spacial score (nSPS) is 20.9. The monoisotopic (exact) mass is 394 g/mol. The number of aromatic amines is 1. The molecule has 1 aliphatic carbocycles. The van der Waals surface area contributed by atoms with Crippen LogP contribution in [0.3, 0.4) is 0 Å². The van der Waals surface area contributed by atoms with Crippen molar-refractivity contribution in [2.75, 3.05) is 6.54 Å². The first-order chi connectivity index (χ1) is 14.8. The predicted octanol–water partition coefficient (Wildman–Crippen LogP) is 4.41. The molecule has 0 amide bonds. The van der Waals surface area contributed by atoms with Gasteiger partial charge in [-0.15, -0.1) is 0 Å². The van der Waals surface area contributed by atoms with Crippen molar-refractivity contribution in [2.45, 2.75) is 56.9 Å². The minimum atomic E-state index is 0.464. The van der Waals surface area contributed by atoms with Crippen molar-refractivity contribution >= 4 is 11.3 Å². The van der Waals surface area contributed by atoms with Gasteiger partial charge in [-0.3, -0.25) is 4.99 Å². The van der Waals surface area contributed by atoms with E-state index in [0.717, 1.165) is 30.0 Å². The van der Waals surface area contributed by atoms with Crippen molar-refractivity contribution in [2.24, 2.45) is 4.99 Å². The minimum absolute atomic E-state index is 0.464. The summed E-state index contributed by atoms with van der Waals surface area (Å²) in [6.45, 7) is 1.11. The van der Waals surface area contributed by atoms with Crippen molar-refractivity contribution in [3.8, 4) is 23.7 Å². The van der Waals surface area contributed by atoms with E-state index in [9.17, 15) is 0 Å². The molecule has 1 aromatic heterocycles. The number of nitrogens with one attached hydrogen (secondary N) is 2. The van der Waals surface area contributed by atoms with E-state index in [0.29, 0.717) is 12.0 Å². The highest BCUT2D eigenvalue weighted by Gasteiger charge is 2.23. The van der Waals surface area contributed by atoms with E-state index < -0.39 is 0 Å². The van der Waals surface area contributed by atoms with Gasteiger partial charge in [-0.25, -0.2) is 4.98 Å². The van der Waals surface area contributed by atoms with Crippen molar-refractivity contribution < 1.29 is 0 Å². The van der Waals surface area contributed by atoms with Crippen LogP contribution in [0.15, 0.2) is 41.7 Å². The Labute approximate surface area is 178 Å². The first kappa shape index (κ1) is 18.9. The van der Waals surface area contributed by atoms with E-state index >= 15 is 0 Å². The number of hydrogen-bond donors (Lipinski definition) is 2. The summed E-state index contributed by atoms with van der Waals surface area (Å²) in [5, 5.41) is 3.53. The summed E-state index contributed by atoms with van der Waals surface area (Å²) in [7, 11) is 0. The highest BCUT2D eigenvalue weighted by atomic mass is 15.0. The van der Waals surface area contributed by atoms with Crippen LogP contribution in [0.2, 0.25) is 0 Å². The van der Waals surface area contributed by atoms with Gasteiger partial charge in [0.2, 0.25) is 0 Å². The van der Waals surface area contributed by atoms with Crippen LogP contribution in [-0.2, 0) is 0 Å². The van der Waals surface area contributed by atoms with Gasteiger partial charge in [-0.05, 0) is 73.3 Å². The van der Waals surface area contributed by atoms with Gasteiger partial charge in [0, 0.05) is 35.9 Å². The molecular weight excluding hydrogens is 368 g/mol. The van der Waals surface area contributed by atoms with Gasteiger partial charge in [0.15, 0.2) is 0 Å². The maximum atomic E-state index is 4.65. The van der Waals surface area contributed by atoms with Gasteiger partial charge in [0.1, 0.15) is 11.5 Å². The number of nitrogens with zero attached hydrogens (tertiary/aromatic N) is 2. The minimum Gasteiger partial charge on any atom is -0.335 e. The van der Waals surface area contributed by atoms with Gasteiger partial charge in [-0.1, -0.05) is 30.9 Å². The molecule has 1 saturated heterocycles. The molecular formula is C26H26N4. The summed E-state index contributed by atoms with van der Waals surface area (Å²) < 4.78 is 0. The SMILES string of the molecule is C(C#Cc1cnc(C2CCCC2)[nH]1)#Cc1ccc(C2=CN=C([C@@H]3CCCN3)C2)cc1. The van der Waals surface area contributed by atoms with Gasteiger partial charge >= 0.3 is 0 Å². The number of imidazole rings is 1. The van der Waals surface area contributed by atoms with Crippen LogP contribution in [0.5, 0.6) is 0 Å². The summed E-state index contributed by atoms with van der Waals surface area (Å²) in [6.07, 6.45) is 12.3.